The normalized spacial score (nSPS) is 27.7. The SMILES string of the molecule is Cc1cc(C)cc(N2CC(C(=O)N3CC(C)OC(C)C3)CC2=O)c1. The van der Waals surface area contributed by atoms with Gasteiger partial charge in [-0.1, -0.05) is 6.07 Å². The summed E-state index contributed by atoms with van der Waals surface area (Å²) in [6.07, 6.45) is 0.391. The molecule has 3 unspecified atom stereocenters. The lowest BCUT2D eigenvalue weighted by atomic mass is 10.1. The topological polar surface area (TPSA) is 49.9 Å². The van der Waals surface area contributed by atoms with E-state index in [0.29, 0.717) is 26.1 Å². The number of hydrogen-bond donors (Lipinski definition) is 0. The third-order valence-corrected chi connectivity index (χ3v) is 4.72. The van der Waals surface area contributed by atoms with Gasteiger partial charge >= 0.3 is 0 Å². The van der Waals surface area contributed by atoms with Crippen LogP contribution in [0.4, 0.5) is 5.69 Å². The minimum atomic E-state index is -0.254. The number of ether oxygens (including phenoxy) is 1. The van der Waals surface area contributed by atoms with Crippen LogP contribution >= 0.6 is 0 Å². The van der Waals surface area contributed by atoms with Crippen LogP contribution in [0.5, 0.6) is 0 Å². The molecule has 24 heavy (non-hydrogen) atoms. The Balaban J connectivity index is 1.73. The molecule has 1 aromatic carbocycles. The fraction of sp³-hybridized carbons (Fsp3) is 0.579. The Morgan fingerprint density at radius 1 is 1.04 bits per heavy atom. The molecule has 2 heterocycles. The molecule has 2 aliphatic heterocycles. The molecular weight excluding hydrogens is 304 g/mol. The molecular formula is C19H26N2O3. The van der Waals surface area contributed by atoms with Crippen LogP contribution < -0.4 is 4.90 Å². The van der Waals surface area contributed by atoms with E-state index in [-0.39, 0.29) is 29.9 Å². The second kappa shape index (κ2) is 6.55. The standard InChI is InChI=1S/C19H26N2O3/c1-12-5-13(2)7-17(6-12)21-11-16(8-18(21)22)19(23)20-9-14(3)24-15(4)10-20/h5-7,14-16H,8-11H2,1-4H3. The number of hydrogen-bond acceptors (Lipinski definition) is 3. The van der Waals surface area contributed by atoms with Crippen molar-refractivity contribution in [3.63, 3.8) is 0 Å². The van der Waals surface area contributed by atoms with Crippen molar-refractivity contribution in [2.45, 2.75) is 46.3 Å². The predicted molar refractivity (Wildman–Crippen MR) is 93.0 cm³/mol. The summed E-state index contributed by atoms with van der Waals surface area (Å²) in [4.78, 5) is 28.9. The molecule has 2 fully saturated rings. The van der Waals surface area contributed by atoms with Crippen LogP contribution in [0.3, 0.4) is 0 Å². The Bertz CT molecular complexity index is 628. The minimum Gasteiger partial charge on any atom is -0.372 e. The summed E-state index contributed by atoms with van der Waals surface area (Å²) in [7, 11) is 0. The first-order valence-electron chi connectivity index (χ1n) is 8.66. The van der Waals surface area contributed by atoms with E-state index in [2.05, 4.69) is 6.07 Å². The fourth-order valence-electron chi connectivity index (χ4n) is 3.85. The molecule has 3 atom stereocenters. The number of amides is 2. The Morgan fingerprint density at radius 3 is 2.21 bits per heavy atom. The number of benzene rings is 1. The molecule has 1 aromatic rings. The summed E-state index contributed by atoms with van der Waals surface area (Å²) in [6, 6.07) is 6.11. The van der Waals surface area contributed by atoms with Gasteiger partial charge in [0.1, 0.15) is 0 Å². The summed E-state index contributed by atoms with van der Waals surface area (Å²) < 4.78 is 5.70. The van der Waals surface area contributed by atoms with Gasteiger partial charge in [0, 0.05) is 31.7 Å². The molecule has 130 valence electrons. The number of nitrogens with zero attached hydrogens (tertiary/aromatic N) is 2. The lowest BCUT2D eigenvalue weighted by Crippen LogP contribution is -2.50. The Kier molecular flexibility index (Phi) is 4.63. The number of morpholine rings is 1. The van der Waals surface area contributed by atoms with Gasteiger partial charge in [-0.2, -0.15) is 0 Å². The van der Waals surface area contributed by atoms with Gasteiger partial charge in [-0.3, -0.25) is 9.59 Å². The van der Waals surface area contributed by atoms with Crippen LogP contribution in [0.2, 0.25) is 0 Å². The Labute approximate surface area is 143 Å². The monoisotopic (exact) mass is 330 g/mol. The number of carbonyl (C=O) groups excluding carboxylic acids is 2. The second-order valence-corrected chi connectivity index (χ2v) is 7.25. The predicted octanol–water partition coefficient (Wildman–Crippen LogP) is 2.29. The first-order valence-corrected chi connectivity index (χ1v) is 8.66. The van der Waals surface area contributed by atoms with E-state index < -0.39 is 0 Å². The maximum absolute atomic E-state index is 12.8. The molecule has 0 aromatic heterocycles. The van der Waals surface area contributed by atoms with E-state index in [1.807, 2.05) is 44.7 Å². The molecule has 5 nitrogen and oxygen atoms in total. The number of anilines is 1. The highest BCUT2D eigenvalue weighted by molar-refractivity contribution is 6.00. The van der Waals surface area contributed by atoms with Crippen molar-refractivity contribution in [1.82, 2.24) is 4.90 Å². The summed E-state index contributed by atoms with van der Waals surface area (Å²) in [5.74, 6) is -0.138. The minimum absolute atomic E-state index is 0.0349. The third kappa shape index (κ3) is 3.46. The van der Waals surface area contributed by atoms with Crippen molar-refractivity contribution in [3.05, 3.63) is 29.3 Å². The lowest BCUT2D eigenvalue weighted by molar-refractivity contribution is -0.147. The van der Waals surface area contributed by atoms with E-state index in [4.69, 9.17) is 4.74 Å². The molecule has 2 saturated heterocycles. The van der Waals surface area contributed by atoms with Crippen LogP contribution in [0.1, 0.15) is 31.4 Å². The summed E-state index contributed by atoms with van der Waals surface area (Å²) in [6.45, 7) is 9.71. The molecule has 0 N–H and O–H groups in total. The van der Waals surface area contributed by atoms with Gasteiger partial charge in [0.25, 0.3) is 0 Å². The zero-order chi connectivity index (χ0) is 17.4. The van der Waals surface area contributed by atoms with Gasteiger partial charge in [-0.05, 0) is 51.0 Å². The summed E-state index contributed by atoms with van der Waals surface area (Å²) in [5.41, 5.74) is 3.16. The van der Waals surface area contributed by atoms with Gasteiger partial charge in [-0.25, -0.2) is 0 Å². The molecule has 0 bridgehead atoms. The molecule has 0 spiro atoms. The zero-order valence-electron chi connectivity index (χ0n) is 14.9. The lowest BCUT2D eigenvalue weighted by Gasteiger charge is -2.36. The van der Waals surface area contributed by atoms with Gasteiger partial charge in [0.05, 0.1) is 18.1 Å². The van der Waals surface area contributed by atoms with Crippen molar-refractivity contribution in [3.8, 4) is 0 Å². The van der Waals surface area contributed by atoms with E-state index in [0.717, 1.165) is 16.8 Å². The van der Waals surface area contributed by atoms with Crippen molar-refractivity contribution >= 4 is 17.5 Å². The highest BCUT2D eigenvalue weighted by Crippen LogP contribution is 2.28. The molecule has 0 saturated carbocycles. The maximum Gasteiger partial charge on any atom is 0.228 e. The van der Waals surface area contributed by atoms with E-state index in [9.17, 15) is 9.59 Å². The van der Waals surface area contributed by atoms with Crippen LogP contribution in [-0.4, -0.2) is 48.6 Å². The first kappa shape index (κ1) is 17.0. The van der Waals surface area contributed by atoms with Crippen LogP contribution in [0.15, 0.2) is 18.2 Å². The highest BCUT2D eigenvalue weighted by Gasteiger charge is 2.39. The van der Waals surface area contributed by atoms with Gasteiger partial charge in [-0.15, -0.1) is 0 Å². The number of rotatable bonds is 2. The average Bonchev–Trinajstić information content (AvgIpc) is 2.86. The average molecular weight is 330 g/mol. The molecule has 0 aliphatic carbocycles. The van der Waals surface area contributed by atoms with Crippen molar-refractivity contribution in [2.75, 3.05) is 24.5 Å². The van der Waals surface area contributed by atoms with E-state index >= 15 is 0 Å². The smallest absolute Gasteiger partial charge is 0.228 e. The zero-order valence-corrected chi connectivity index (χ0v) is 14.9. The third-order valence-electron chi connectivity index (χ3n) is 4.72. The molecule has 2 amide bonds. The van der Waals surface area contributed by atoms with Crippen LogP contribution in [-0.2, 0) is 14.3 Å². The molecule has 0 radical (unpaired) electrons. The largest absolute Gasteiger partial charge is 0.372 e. The Hall–Kier alpha value is -1.88. The van der Waals surface area contributed by atoms with Crippen molar-refractivity contribution < 1.29 is 14.3 Å². The fourth-order valence-corrected chi connectivity index (χ4v) is 3.85. The van der Waals surface area contributed by atoms with Gasteiger partial charge < -0.3 is 14.5 Å². The first-order chi connectivity index (χ1) is 11.3. The molecule has 5 heteroatoms. The van der Waals surface area contributed by atoms with Gasteiger partial charge in [0.15, 0.2) is 0 Å². The maximum atomic E-state index is 12.8. The van der Waals surface area contributed by atoms with Crippen molar-refractivity contribution in [1.29, 1.82) is 0 Å². The van der Waals surface area contributed by atoms with Gasteiger partial charge in [0.2, 0.25) is 11.8 Å². The van der Waals surface area contributed by atoms with Crippen molar-refractivity contribution in [2.24, 2.45) is 5.92 Å². The van der Waals surface area contributed by atoms with E-state index in [1.54, 1.807) is 4.90 Å². The molecule has 2 aliphatic rings. The quantitative estimate of drug-likeness (QED) is 0.836. The van der Waals surface area contributed by atoms with E-state index in [1.165, 1.54) is 0 Å². The number of carbonyl (C=O) groups is 2. The van der Waals surface area contributed by atoms with Crippen LogP contribution in [0, 0.1) is 19.8 Å². The summed E-state index contributed by atoms with van der Waals surface area (Å²) in [5, 5.41) is 0. The van der Waals surface area contributed by atoms with Crippen LogP contribution in [0.25, 0.3) is 0 Å². The highest BCUT2D eigenvalue weighted by atomic mass is 16.5. The summed E-state index contributed by atoms with van der Waals surface area (Å²) >= 11 is 0. The molecule has 3 rings (SSSR count). The second-order valence-electron chi connectivity index (χ2n) is 7.25. The Morgan fingerprint density at radius 2 is 1.62 bits per heavy atom. The number of aryl methyl sites for hydroxylation is 2.